The Morgan fingerprint density at radius 2 is 1.36 bits per heavy atom. The average Bonchev–Trinajstić information content (AvgIpc) is 3.66. The van der Waals surface area contributed by atoms with E-state index >= 15 is 0 Å². The van der Waals surface area contributed by atoms with Gasteiger partial charge in [-0.15, -0.1) is 11.8 Å². The van der Waals surface area contributed by atoms with Crippen molar-refractivity contribution >= 4 is 29.8 Å². The van der Waals surface area contributed by atoms with Crippen LogP contribution in [0.4, 0.5) is 4.79 Å². The van der Waals surface area contributed by atoms with Crippen LogP contribution < -0.4 is 21.7 Å². The Labute approximate surface area is 276 Å². The molecule has 15 nitrogen and oxygen atoms in total. The van der Waals surface area contributed by atoms with Crippen LogP contribution in [0.5, 0.6) is 0 Å². The molecule has 1 unspecified atom stereocenters. The van der Waals surface area contributed by atoms with Crippen molar-refractivity contribution in [1.29, 1.82) is 0 Å². The van der Waals surface area contributed by atoms with Crippen molar-refractivity contribution in [3.63, 3.8) is 0 Å². The van der Waals surface area contributed by atoms with E-state index in [4.69, 9.17) is 34.5 Å². The van der Waals surface area contributed by atoms with E-state index in [1.165, 1.54) is 0 Å². The van der Waals surface area contributed by atoms with Gasteiger partial charge in [-0.3, -0.25) is 19.2 Å². The molecule has 47 heavy (non-hydrogen) atoms. The van der Waals surface area contributed by atoms with Gasteiger partial charge < -0.3 is 50.5 Å². The Hall–Kier alpha value is -3.45. The largest absolute Gasteiger partial charge is 0.481 e. The number of carbonyl (C=O) groups excluding carboxylic acids is 4. The first-order valence-electron chi connectivity index (χ1n) is 16.4. The van der Waals surface area contributed by atoms with E-state index < -0.39 is 41.9 Å². The summed E-state index contributed by atoms with van der Waals surface area (Å²) >= 11 is 0. The van der Waals surface area contributed by atoms with Crippen molar-refractivity contribution in [2.45, 2.75) is 70.9 Å². The third-order valence-corrected chi connectivity index (χ3v) is 7.92. The van der Waals surface area contributed by atoms with E-state index in [-0.39, 0.29) is 45.0 Å². The standard InChI is InChI=1S/C32H52N4O11/c1-22(2)29(30(33)40)36-31(41)26(9-10-28(38)39)35-27(37)11-13-43-15-17-45-19-20-46-18-16-44-14-12-34-32(42)47-21-25-23-7-5-3-4-6-8-24(23)25/h22-26,29H,5-21H2,1-2H3,(H2,33,40)(H,34,42)(H,35,37)(H,36,41)(H,38,39)/t23-,24+,25?,26-,29+/m1/s1. The molecule has 6 N–H and O–H groups in total. The summed E-state index contributed by atoms with van der Waals surface area (Å²) in [4.78, 5) is 59.4. The normalized spacial score (nSPS) is 19.5. The third kappa shape index (κ3) is 17.3. The Balaban J connectivity index is 1.40. The summed E-state index contributed by atoms with van der Waals surface area (Å²) in [7, 11) is 0. The van der Waals surface area contributed by atoms with Crippen LogP contribution in [-0.2, 0) is 42.9 Å². The van der Waals surface area contributed by atoms with Crippen molar-refractivity contribution in [2.24, 2.45) is 29.4 Å². The number of hydrogen-bond donors (Lipinski definition) is 5. The second kappa shape index (κ2) is 23.0. The summed E-state index contributed by atoms with van der Waals surface area (Å²) in [6.45, 7) is 6.60. The lowest BCUT2D eigenvalue weighted by Gasteiger charge is -2.23. The highest BCUT2D eigenvalue weighted by Gasteiger charge is 2.49. The molecular formula is C32H52N4O11. The van der Waals surface area contributed by atoms with Crippen LogP contribution in [-0.4, -0.2) is 113 Å². The summed E-state index contributed by atoms with van der Waals surface area (Å²) in [5.74, 6) is 4.78. The number of primary amides is 1. The number of hydrogen-bond acceptors (Lipinski definition) is 10. The number of amides is 4. The summed E-state index contributed by atoms with van der Waals surface area (Å²) in [5, 5.41) is 16.6. The fourth-order valence-electron chi connectivity index (χ4n) is 5.28. The highest BCUT2D eigenvalue weighted by Crippen LogP contribution is 2.52. The number of fused-ring (bicyclic) bond motifs is 1. The molecule has 0 radical (unpaired) electrons. The number of carboxylic acid groups (broad SMARTS) is 1. The van der Waals surface area contributed by atoms with Gasteiger partial charge in [0, 0.05) is 32.2 Å². The fraction of sp³-hybridized carbons (Fsp3) is 0.781. The Morgan fingerprint density at radius 1 is 0.809 bits per heavy atom. The van der Waals surface area contributed by atoms with Crippen LogP contribution in [0.15, 0.2) is 0 Å². The number of nitrogens with one attached hydrogen (secondary N) is 3. The van der Waals surface area contributed by atoms with E-state index in [1.807, 2.05) is 0 Å². The minimum absolute atomic E-state index is 0.0579. The Bertz CT molecular complexity index is 1040. The maximum Gasteiger partial charge on any atom is 0.407 e. The molecule has 0 aliphatic heterocycles. The van der Waals surface area contributed by atoms with Gasteiger partial charge in [0.25, 0.3) is 0 Å². The minimum atomic E-state index is -1.14. The zero-order chi connectivity index (χ0) is 34.4. The number of carboxylic acids is 1. The summed E-state index contributed by atoms with van der Waals surface area (Å²) in [6, 6.07) is -2.09. The lowest BCUT2D eigenvalue weighted by Crippen LogP contribution is -2.54. The lowest BCUT2D eigenvalue weighted by molar-refractivity contribution is -0.138. The molecule has 0 heterocycles. The molecule has 5 atom stereocenters. The molecule has 2 rings (SSSR count). The molecule has 1 fully saturated rings. The summed E-state index contributed by atoms with van der Waals surface area (Å²) < 4.78 is 27.1. The fourth-order valence-corrected chi connectivity index (χ4v) is 5.28. The average molecular weight is 669 g/mol. The number of aliphatic carboxylic acids is 1. The van der Waals surface area contributed by atoms with E-state index in [1.54, 1.807) is 13.8 Å². The van der Waals surface area contributed by atoms with E-state index in [0.717, 1.165) is 25.7 Å². The highest BCUT2D eigenvalue weighted by atomic mass is 16.6. The van der Waals surface area contributed by atoms with Gasteiger partial charge in [0.1, 0.15) is 12.1 Å². The van der Waals surface area contributed by atoms with Gasteiger partial charge >= 0.3 is 12.1 Å². The second-order valence-corrected chi connectivity index (χ2v) is 11.8. The van der Waals surface area contributed by atoms with Crippen LogP contribution in [0, 0.1) is 35.5 Å². The van der Waals surface area contributed by atoms with Gasteiger partial charge in [0.15, 0.2) is 0 Å². The first-order chi connectivity index (χ1) is 22.6. The molecular weight excluding hydrogens is 616 g/mol. The molecule has 2 aliphatic carbocycles. The molecule has 1 saturated carbocycles. The molecule has 0 aromatic rings. The molecule has 2 aliphatic rings. The second-order valence-electron chi connectivity index (χ2n) is 11.8. The maximum atomic E-state index is 12.6. The van der Waals surface area contributed by atoms with Gasteiger partial charge in [-0.1, -0.05) is 13.8 Å². The van der Waals surface area contributed by atoms with E-state index in [2.05, 4.69) is 27.8 Å². The highest BCUT2D eigenvalue weighted by molar-refractivity contribution is 5.92. The van der Waals surface area contributed by atoms with Crippen molar-refractivity contribution in [3.8, 4) is 11.8 Å². The zero-order valence-electron chi connectivity index (χ0n) is 27.6. The minimum Gasteiger partial charge on any atom is -0.481 e. The van der Waals surface area contributed by atoms with Gasteiger partial charge in [0.2, 0.25) is 17.7 Å². The quantitative estimate of drug-likeness (QED) is 0.0670. The molecule has 0 saturated heterocycles. The van der Waals surface area contributed by atoms with Crippen LogP contribution >= 0.6 is 0 Å². The SMILES string of the molecule is CC(C)[C@H](NC(=O)[C@@H](CCC(=O)O)NC(=O)CCOCCOCCOCCOCCNC(=O)OCC1[C@H]2CCC#CCC[C@@H]12)C(N)=O. The Kier molecular flexibility index (Phi) is 19.4. The first kappa shape index (κ1) is 39.7. The molecule has 266 valence electrons. The topological polar surface area (TPSA) is 214 Å². The molecule has 0 aromatic carbocycles. The molecule has 15 heteroatoms. The number of carbonyl (C=O) groups is 5. The van der Waals surface area contributed by atoms with Crippen LogP contribution in [0.2, 0.25) is 0 Å². The lowest BCUT2D eigenvalue weighted by atomic mass is 10.0. The van der Waals surface area contributed by atoms with Gasteiger partial charge in [-0.25, -0.2) is 4.79 Å². The zero-order valence-corrected chi connectivity index (χ0v) is 27.6. The van der Waals surface area contributed by atoms with Gasteiger partial charge in [-0.05, 0) is 42.9 Å². The summed E-state index contributed by atoms with van der Waals surface area (Å²) in [6.07, 6.45) is 3.09. The van der Waals surface area contributed by atoms with Crippen LogP contribution in [0.3, 0.4) is 0 Å². The van der Waals surface area contributed by atoms with Crippen LogP contribution in [0.25, 0.3) is 0 Å². The number of nitrogens with two attached hydrogens (primary N) is 1. The van der Waals surface area contributed by atoms with Gasteiger partial charge in [0.05, 0.1) is 59.5 Å². The first-order valence-corrected chi connectivity index (χ1v) is 16.4. The van der Waals surface area contributed by atoms with Crippen molar-refractivity contribution in [3.05, 3.63) is 0 Å². The third-order valence-electron chi connectivity index (χ3n) is 7.92. The Morgan fingerprint density at radius 3 is 1.89 bits per heavy atom. The molecule has 4 amide bonds. The van der Waals surface area contributed by atoms with E-state index in [0.29, 0.717) is 63.9 Å². The van der Waals surface area contributed by atoms with Gasteiger partial charge in [-0.2, -0.15) is 0 Å². The maximum absolute atomic E-state index is 12.6. The predicted molar refractivity (Wildman–Crippen MR) is 169 cm³/mol. The predicted octanol–water partition coefficient (Wildman–Crippen LogP) is 0.584. The van der Waals surface area contributed by atoms with Crippen molar-refractivity contribution in [1.82, 2.24) is 16.0 Å². The number of ether oxygens (including phenoxy) is 5. The smallest absolute Gasteiger partial charge is 0.407 e. The van der Waals surface area contributed by atoms with E-state index in [9.17, 15) is 24.0 Å². The van der Waals surface area contributed by atoms with Crippen molar-refractivity contribution < 1.29 is 52.8 Å². The molecule has 0 bridgehead atoms. The monoisotopic (exact) mass is 668 g/mol. The van der Waals surface area contributed by atoms with Crippen LogP contribution in [0.1, 0.15) is 58.8 Å². The number of alkyl carbamates (subject to hydrolysis) is 1. The summed E-state index contributed by atoms with van der Waals surface area (Å²) in [5.41, 5.74) is 5.33. The van der Waals surface area contributed by atoms with Crippen molar-refractivity contribution in [2.75, 3.05) is 66.0 Å². The number of rotatable bonds is 25. The molecule has 0 spiro atoms. The molecule has 0 aromatic heterocycles.